The van der Waals surface area contributed by atoms with Gasteiger partial charge in [0.05, 0.1) is 11.2 Å². The van der Waals surface area contributed by atoms with Gasteiger partial charge in [-0.2, -0.15) is 0 Å². The fourth-order valence-electron chi connectivity index (χ4n) is 3.19. The molecule has 0 aliphatic rings. The molecule has 0 bridgehead atoms. The molecule has 0 saturated carbocycles. The Bertz CT molecular complexity index is 1050. The van der Waals surface area contributed by atoms with Crippen LogP contribution in [-0.2, 0) is 0 Å². The number of hydrogen-bond acceptors (Lipinski definition) is 1. The Morgan fingerprint density at radius 2 is 1.50 bits per heavy atom. The number of carbonyl (C=O) groups is 1. The molecule has 3 nitrogen and oxygen atoms in total. The van der Waals surface area contributed by atoms with Crippen LogP contribution in [0.15, 0.2) is 72.8 Å². The third-order valence-corrected chi connectivity index (χ3v) is 4.33. The molecule has 0 unspecified atom stereocenters. The van der Waals surface area contributed by atoms with E-state index in [4.69, 9.17) is 0 Å². The highest BCUT2D eigenvalue weighted by Crippen LogP contribution is 2.33. The van der Waals surface area contributed by atoms with Crippen molar-refractivity contribution in [2.45, 2.75) is 0 Å². The number of hydrogen-bond donors (Lipinski definition) is 0. The van der Waals surface area contributed by atoms with Gasteiger partial charge in [-0.3, -0.25) is 4.57 Å². The third-order valence-electron chi connectivity index (χ3n) is 4.33. The van der Waals surface area contributed by atoms with E-state index >= 15 is 0 Å². The number of carbonyl (C=O) groups excluding carboxylic acids is 1. The van der Waals surface area contributed by atoms with Crippen LogP contribution in [0.5, 0.6) is 0 Å². The topological polar surface area (TPSA) is 25.2 Å². The predicted molar refractivity (Wildman–Crippen MR) is 99.4 cm³/mol. The van der Waals surface area contributed by atoms with Gasteiger partial charge in [0.15, 0.2) is 0 Å². The summed E-state index contributed by atoms with van der Waals surface area (Å²) in [7, 11) is 3.57. The fraction of sp³-hybridized carbons (Fsp3) is 0.0952. The quantitative estimate of drug-likeness (QED) is 0.486. The lowest BCUT2D eigenvalue weighted by molar-refractivity contribution is 0.220. The molecule has 0 saturated heterocycles. The van der Waals surface area contributed by atoms with Crippen molar-refractivity contribution in [3.63, 3.8) is 0 Å². The van der Waals surface area contributed by atoms with Crippen LogP contribution in [-0.4, -0.2) is 29.6 Å². The molecule has 0 radical (unpaired) electrons. The fourth-order valence-corrected chi connectivity index (χ4v) is 3.19. The molecule has 118 valence electrons. The third kappa shape index (κ3) is 2.17. The second-order valence-corrected chi connectivity index (χ2v) is 6.13. The van der Waals surface area contributed by atoms with Crippen molar-refractivity contribution in [1.82, 2.24) is 9.47 Å². The molecule has 1 aromatic heterocycles. The molecule has 0 N–H and O–H groups in total. The summed E-state index contributed by atoms with van der Waals surface area (Å²) in [5, 5.41) is 3.30. The first-order chi connectivity index (χ1) is 11.7. The predicted octanol–water partition coefficient (Wildman–Crippen LogP) is 4.99. The summed E-state index contributed by atoms with van der Waals surface area (Å²) in [6.07, 6.45) is 0. The van der Waals surface area contributed by atoms with E-state index in [1.807, 2.05) is 47.0 Å². The molecule has 3 aromatic carbocycles. The smallest absolute Gasteiger partial charge is 0.328 e. The van der Waals surface area contributed by atoms with E-state index in [9.17, 15) is 4.79 Å². The van der Waals surface area contributed by atoms with Gasteiger partial charge in [-0.05, 0) is 17.0 Å². The lowest BCUT2D eigenvalue weighted by Crippen LogP contribution is -2.27. The summed E-state index contributed by atoms with van der Waals surface area (Å²) in [5.74, 6) is 0. The highest BCUT2D eigenvalue weighted by Gasteiger charge is 2.19. The van der Waals surface area contributed by atoms with Gasteiger partial charge < -0.3 is 4.90 Å². The van der Waals surface area contributed by atoms with Crippen LogP contribution < -0.4 is 0 Å². The molecular weight excluding hydrogens is 296 g/mol. The Balaban J connectivity index is 2.15. The highest BCUT2D eigenvalue weighted by molar-refractivity contribution is 6.11. The molecule has 0 atom stereocenters. The molecule has 3 heteroatoms. The minimum atomic E-state index is -0.0415. The Hall–Kier alpha value is -3.07. The van der Waals surface area contributed by atoms with Crippen molar-refractivity contribution < 1.29 is 4.79 Å². The highest BCUT2D eigenvalue weighted by atomic mass is 16.2. The van der Waals surface area contributed by atoms with E-state index in [0.717, 1.165) is 32.9 Å². The number of amides is 1. The van der Waals surface area contributed by atoms with Crippen molar-refractivity contribution in [2.24, 2.45) is 0 Å². The van der Waals surface area contributed by atoms with Crippen LogP contribution in [0.25, 0.3) is 32.9 Å². The van der Waals surface area contributed by atoms with Crippen LogP contribution in [0.3, 0.4) is 0 Å². The van der Waals surface area contributed by atoms with Gasteiger partial charge in [0.25, 0.3) is 0 Å². The van der Waals surface area contributed by atoms with E-state index in [0.29, 0.717) is 0 Å². The molecule has 4 rings (SSSR count). The number of rotatable bonds is 1. The molecule has 0 fully saturated rings. The molecule has 1 heterocycles. The van der Waals surface area contributed by atoms with Gasteiger partial charge in [0, 0.05) is 24.9 Å². The average Bonchev–Trinajstić information content (AvgIpc) is 3.01. The monoisotopic (exact) mass is 314 g/mol. The van der Waals surface area contributed by atoms with Crippen molar-refractivity contribution in [3.8, 4) is 11.3 Å². The van der Waals surface area contributed by atoms with Crippen LogP contribution in [0.4, 0.5) is 4.79 Å². The lowest BCUT2D eigenvalue weighted by atomic mass is 10.1. The number of aromatic nitrogens is 1. The molecule has 1 amide bonds. The van der Waals surface area contributed by atoms with Gasteiger partial charge >= 0.3 is 6.03 Å². The Morgan fingerprint density at radius 1 is 0.833 bits per heavy atom. The van der Waals surface area contributed by atoms with Gasteiger partial charge in [-0.25, -0.2) is 4.79 Å². The zero-order valence-electron chi connectivity index (χ0n) is 13.7. The Morgan fingerprint density at radius 3 is 2.25 bits per heavy atom. The normalized spacial score (nSPS) is 11.1. The maximum atomic E-state index is 12.9. The number of fused-ring (bicyclic) bond motifs is 3. The number of nitrogens with zero attached hydrogens (tertiary/aromatic N) is 2. The first kappa shape index (κ1) is 14.5. The number of benzene rings is 3. The minimum absolute atomic E-state index is 0.0415. The van der Waals surface area contributed by atoms with E-state index in [2.05, 4.69) is 30.3 Å². The molecule has 0 aliphatic heterocycles. The summed E-state index contributed by atoms with van der Waals surface area (Å²) < 4.78 is 1.83. The van der Waals surface area contributed by atoms with Crippen molar-refractivity contribution in [3.05, 3.63) is 72.8 Å². The molecule has 24 heavy (non-hydrogen) atoms. The molecule has 0 spiro atoms. The van der Waals surface area contributed by atoms with Gasteiger partial charge in [0.1, 0.15) is 0 Å². The van der Waals surface area contributed by atoms with Crippen LogP contribution >= 0.6 is 0 Å². The average molecular weight is 314 g/mol. The van der Waals surface area contributed by atoms with Crippen LogP contribution in [0, 0.1) is 0 Å². The standard InChI is InChI=1S/C21H18N2O/c1-22(2)21(24)23-19(16-9-4-3-5-10-16)14-17-13-12-15-8-6-7-11-18(15)20(17)23/h3-14H,1-2H3. The van der Waals surface area contributed by atoms with E-state index < -0.39 is 0 Å². The van der Waals surface area contributed by atoms with Crippen molar-refractivity contribution in [1.29, 1.82) is 0 Å². The van der Waals surface area contributed by atoms with Crippen molar-refractivity contribution in [2.75, 3.05) is 14.1 Å². The first-order valence-corrected chi connectivity index (χ1v) is 7.97. The van der Waals surface area contributed by atoms with E-state index in [1.165, 1.54) is 0 Å². The van der Waals surface area contributed by atoms with Crippen LogP contribution in [0.1, 0.15) is 0 Å². The van der Waals surface area contributed by atoms with Gasteiger partial charge in [0.2, 0.25) is 0 Å². The summed E-state index contributed by atoms with van der Waals surface area (Å²) >= 11 is 0. The summed E-state index contributed by atoms with van der Waals surface area (Å²) in [4.78, 5) is 14.6. The molecular formula is C21H18N2O. The zero-order chi connectivity index (χ0) is 16.7. The second-order valence-electron chi connectivity index (χ2n) is 6.13. The van der Waals surface area contributed by atoms with Gasteiger partial charge in [-0.15, -0.1) is 0 Å². The Labute approximate surface area is 140 Å². The molecule has 4 aromatic rings. The summed E-state index contributed by atoms with van der Waals surface area (Å²) in [5.41, 5.74) is 2.92. The van der Waals surface area contributed by atoms with Gasteiger partial charge in [-0.1, -0.05) is 66.7 Å². The minimum Gasteiger partial charge on any atom is -0.330 e. The maximum absolute atomic E-state index is 12.9. The summed E-state index contributed by atoms with van der Waals surface area (Å²) in [6.45, 7) is 0. The van der Waals surface area contributed by atoms with E-state index in [-0.39, 0.29) is 6.03 Å². The van der Waals surface area contributed by atoms with Crippen LogP contribution in [0.2, 0.25) is 0 Å². The van der Waals surface area contributed by atoms with E-state index in [1.54, 1.807) is 19.0 Å². The van der Waals surface area contributed by atoms with Crippen molar-refractivity contribution >= 4 is 27.7 Å². The zero-order valence-corrected chi connectivity index (χ0v) is 13.7. The lowest BCUT2D eigenvalue weighted by Gasteiger charge is -2.16. The first-order valence-electron chi connectivity index (χ1n) is 7.97. The SMILES string of the molecule is CN(C)C(=O)n1c(-c2ccccc2)cc2ccc3ccccc3c21. The Kier molecular flexibility index (Phi) is 3.35. The second kappa shape index (κ2) is 5.53. The molecule has 0 aliphatic carbocycles. The largest absolute Gasteiger partial charge is 0.330 e. The summed E-state index contributed by atoms with van der Waals surface area (Å²) in [6, 6.07) is 24.5. The maximum Gasteiger partial charge on any atom is 0.328 e.